The highest BCUT2D eigenvalue weighted by Gasteiger charge is 2.50. The summed E-state index contributed by atoms with van der Waals surface area (Å²) in [5.41, 5.74) is 5.47. The van der Waals surface area contributed by atoms with Crippen LogP contribution in [-0.4, -0.2) is 41.7 Å². The number of nitrogens with two attached hydrogens (primary N) is 1. The highest BCUT2D eigenvalue weighted by molar-refractivity contribution is 6.02. The van der Waals surface area contributed by atoms with Crippen LogP contribution in [0.5, 0.6) is 5.88 Å². The van der Waals surface area contributed by atoms with Gasteiger partial charge in [-0.3, -0.25) is 4.79 Å². The van der Waals surface area contributed by atoms with E-state index >= 15 is 0 Å². The number of aromatic nitrogens is 2. The number of carbonyl (C=O) groups is 1. The van der Waals surface area contributed by atoms with Crippen molar-refractivity contribution in [2.24, 2.45) is 16.6 Å². The average Bonchev–Trinajstić information content (AvgIpc) is 3.17. The molecule has 1 amide bonds. The third-order valence-corrected chi connectivity index (χ3v) is 4.87. The van der Waals surface area contributed by atoms with E-state index in [1.165, 1.54) is 30.6 Å². The second-order valence-corrected chi connectivity index (χ2v) is 6.74. The number of hydrogen-bond acceptors (Lipinski definition) is 8. The Bertz CT molecular complexity index is 1060. The molecule has 0 aliphatic carbocycles. The molecule has 1 aromatic carbocycles. The molecule has 2 aliphatic rings. The number of fused-ring (bicyclic) bond motifs is 1. The second-order valence-electron chi connectivity index (χ2n) is 6.74. The van der Waals surface area contributed by atoms with Gasteiger partial charge in [0, 0.05) is 24.1 Å². The summed E-state index contributed by atoms with van der Waals surface area (Å²) in [5.74, 6) is 1.56. The van der Waals surface area contributed by atoms with Gasteiger partial charge in [0.15, 0.2) is 0 Å². The van der Waals surface area contributed by atoms with Gasteiger partial charge in [0.25, 0.3) is 11.9 Å². The number of hydrogen-bond donors (Lipinski definition) is 2. The van der Waals surface area contributed by atoms with E-state index in [9.17, 15) is 9.18 Å². The van der Waals surface area contributed by atoms with E-state index in [0.29, 0.717) is 12.3 Å². The average molecular weight is 411 g/mol. The van der Waals surface area contributed by atoms with Crippen molar-refractivity contribution in [2.75, 3.05) is 25.1 Å². The summed E-state index contributed by atoms with van der Waals surface area (Å²) < 4.78 is 30.6. The molecule has 3 heterocycles. The molecular weight excluding hydrogens is 393 g/mol. The predicted octanol–water partition coefficient (Wildman–Crippen LogP) is 1.41. The number of amides is 1. The van der Waals surface area contributed by atoms with Gasteiger partial charge in [0.05, 0.1) is 32.2 Å². The SMILES string of the molecule is CC#COc1cnc(C(=O)Nc2ccc(F)c(C34COCC3COC(N)=N4)c2)cn1. The van der Waals surface area contributed by atoms with E-state index in [1.807, 2.05) is 0 Å². The summed E-state index contributed by atoms with van der Waals surface area (Å²) in [6.45, 7) is 2.44. The first-order chi connectivity index (χ1) is 14.5. The zero-order valence-electron chi connectivity index (χ0n) is 16.0. The van der Waals surface area contributed by atoms with Crippen LogP contribution in [0.1, 0.15) is 23.0 Å². The standard InChI is InChI=1S/C20H18FN5O4/c1-2-5-29-17-8-23-16(7-24-17)18(27)25-13-3-4-15(21)14(6-13)20-11-28-9-12(20)10-30-19(22)26-20/h3-4,6-8,12H,9-11H2,1H3,(H2,22,26)(H,25,27). The van der Waals surface area contributed by atoms with Crippen LogP contribution in [0.3, 0.4) is 0 Å². The Morgan fingerprint density at radius 1 is 1.37 bits per heavy atom. The lowest BCUT2D eigenvalue weighted by atomic mass is 9.80. The van der Waals surface area contributed by atoms with E-state index in [2.05, 4.69) is 32.3 Å². The Balaban J connectivity index is 1.58. The first-order valence-electron chi connectivity index (χ1n) is 9.10. The summed E-state index contributed by atoms with van der Waals surface area (Å²) in [6, 6.07) is 4.23. The number of carbonyl (C=O) groups excluding carboxylic acids is 1. The number of ether oxygens (including phenoxy) is 3. The topological polar surface area (TPSA) is 121 Å². The van der Waals surface area contributed by atoms with Crippen LogP contribution in [0.2, 0.25) is 0 Å². The lowest BCUT2D eigenvalue weighted by Gasteiger charge is -2.34. The monoisotopic (exact) mass is 411 g/mol. The Morgan fingerprint density at radius 2 is 2.23 bits per heavy atom. The minimum atomic E-state index is -0.994. The summed E-state index contributed by atoms with van der Waals surface area (Å²) >= 11 is 0. The smallest absolute Gasteiger partial charge is 0.282 e. The van der Waals surface area contributed by atoms with E-state index in [1.54, 1.807) is 6.92 Å². The summed E-state index contributed by atoms with van der Waals surface area (Å²) in [4.78, 5) is 24.9. The molecule has 0 bridgehead atoms. The normalized spacial score (nSPS) is 22.1. The molecule has 30 heavy (non-hydrogen) atoms. The van der Waals surface area contributed by atoms with Crippen molar-refractivity contribution in [3.8, 4) is 17.9 Å². The van der Waals surface area contributed by atoms with Crippen LogP contribution in [0.25, 0.3) is 0 Å². The zero-order chi connectivity index (χ0) is 21.1. The predicted molar refractivity (Wildman–Crippen MR) is 104 cm³/mol. The molecule has 1 fully saturated rings. The van der Waals surface area contributed by atoms with E-state index in [4.69, 9.17) is 19.9 Å². The van der Waals surface area contributed by atoms with Gasteiger partial charge in [-0.15, -0.1) is 0 Å². The Hall–Kier alpha value is -3.71. The number of halogens is 1. The first-order valence-corrected chi connectivity index (χ1v) is 9.10. The lowest BCUT2D eigenvalue weighted by Crippen LogP contribution is -2.43. The maximum Gasteiger partial charge on any atom is 0.282 e. The third kappa shape index (κ3) is 3.62. The molecule has 2 aliphatic heterocycles. The molecule has 0 saturated carbocycles. The molecule has 1 aromatic heterocycles. The molecule has 3 N–H and O–H groups in total. The van der Waals surface area contributed by atoms with Crippen LogP contribution in [0.4, 0.5) is 10.1 Å². The number of amidine groups is 1. The molecule has 2 aromatic rings. The van der Waals surface area contributed by atoms with Crippen molar-refractivity contribution in [3.63, 3.8) is 0 Å². The Labute approximate surface area is 171 Å². The second kappa shape index (κ2) is 7.96. The minimum Gasteiger partial charge on any atom is -0.465 e. The van der Waals surface area contributed by atoms with Crippen molar-refractivity contribution in [2.45, 2.75) is 12.5 Å². The molecule has 0 radical (unpaired) electrons. The number of nitrogens with one attached hydrogen (secondary N) is 1. The first kappa shape index (κ1) is 19.6. The van der Waals surface area contributed by atoms with Crippen LogP contribution in [0.15, 0.2) is 35.6 Å². The molecule has 1 saturated heterocycles. The molecule has 154 valence electrons. The van der Waals surface area contributed by atoms with Crippen LogP contribution >= 0.6 is 0 Å². The molecule has 9 nitrogen and oxygen atoms in total. The van der Waals surface area contributed by atoms with Crippen LogP contribution < -0.4 is 15.8 Å². The van der Waals surface area contributed by atoms with E-state index < -0.39 is 17.3 Å². The van der Waals surface area contributed by atoms with Crippen LogP contribution in [0, 0.1) is 23.8 Å². The van der Waals surface area contributed by atoms with Gasteiger partial charge in [-0.05, 0) is 18.2 Å². The highest BCUT2D eigenvalue weighted by atomic mass is 19.1. The van der Waals surface area contributed by atoms with Gasteiger partial charge in [-0.1, -0.05) is 5.92 Å². The maximum absolute atomic E-state index is 14.8. The Morgan fingerprint density at radius 3 is 3.00 bits per heavy atom. The zero-order valence-corrected chi connectivity index (χ0v) is 16.0. The molecule has 10 heteroatoms. The van der Waals surface area contributed by atoms with E-state index in [0.717, 1.165) is 0 Å². The highest BCUT2D eigenvalue weighted by Crippen LogP contribution is 2.43. The maximum atomic E-state index is 14.8. The fourth-order valence-electron chi connectivity index (χ4n) is 3.41. The molecule has 4 rings (SSSR count). The number of benzene rings is 1. The van der Waals surface area contributed by atoms with Gasteiger partial charge in [-0.25, -0.2) is 19.4 Å². The summed E-state index contributed by atoms with van der Waals surface area (Å²) in [5, 5.41) is 2.69. The fraction of sp³-hybridized carbons (Fsp3) is 0.300. The molecule has 2 atom stereocenters. The summed E-state index contributed by atoms with van der Waals surface area (Å²) in [7, 11) is 0. The number of anilines is 1. The number of nitrogens with zero attached hydrogens (tertiary/aromatic N) is 3. The van der Waals surface area contributed by atoms with Crippen molar-refractivity contribution in [1.82, 2.24) is 9.97 Å². The molecule has 2 unspecified atom stereocenters. The quantitative estimate of drug-likeness (QED) is 0.730. The fourth-order valence-corrected chi connectivity index (χ4v) is 3.41. The van der Waals surface area contributed by atoms with Gasteiger partial charge >= 0.3 is 0 Å². The number of aliphatic imine (C=N–C) groups is 1. The van der Waals surface area contributed by atoms with Crippen molar-refractivity contribution in [3.05, 3.63) is 47.7 Å². The molecular formula is C20H18FN5O4. The Kier molecular flexibility index (Phi) is 5.20. The third-order valence-electron chi connectivity index (χ3n) is 4.87. The van der Waals surface area contributed by atoms with Crippen LogP contribution in [-0.2, 0) is 15.0 Å². The van der Waals surface area contributed by atoms with Crippen molar-refractivity contribution >= 4 is 17.6 Å². The van der Waals surface area contributed by atoms with Gasteiger partial charge in [0.2, 0.25) is 5.88 Å². The van der Waals surface area contributed by atoms with Crippen molar-refractivity contribution < 1.29 is 23.4 Å². The lowest BCUT2D eigenvalue weighted by molar-refractivity contribution is 0.102. The van der Waals surface area contributed by atoms with Gasteiger partial charge < -0.3 is 25.3 Å². The van der Waals surface area contributed by atoms with Gasteiger partial charge in [0.1, 0.15) is 23.2 Å². The minimum absolute atomic E-state index is 0.0177. The molecule has 0 spiro atoms. The van der Waals surface area contributed by atoms with E-state index in [-0.39, 0.29) is 42.3 Å². The van der Waals surface area contributed by atoms with Crippen molar-refractivity contribution in [1.29, 1.82) is 0 Å². The summed E-state index contributed by atoms with van der Waals surface area (Å²) in [6.07, 6.45) is 4.93. The van der Waals surface area contributed by atoms with Gasteiger partial charge in [-0.2, -0.15) is 0 Å². The number of rotatable bonds is 4. The largest absolute Gasteiger partial charge is 0.465 e.